The number of halogens is 1. The Hall–Kier alpha value is -3.96. The molecule has 0 saturated carbocycles. The van der Waals surface area contributed by atoms with Crippen molar-refractivity contribution in [3.63, 3.8) is 0 Å². The molecule has 0 unspecified atom stereocenters. The maximum Gasteiger partial charge on any atom is 0.263 e. The van der Waals surface area contributed by atoms with E-state index in [0.717, 1.165) is 27.1 Å². The number of anilines is 1. The minimum absolute atomic E-state index is 0.0504. The predicted octanol–water partition coefficient (Wildman–Crippen LogP) is 7.38. The normalized spacial score (nSPS) is 14.5. The molecule has 0 radical (unpaired) electrons. The highest BCUT2D eigenvalue weighted by Gasteiger charge is 2.31. The van der Waals surface area contributed by atoms with Gasteiger partial charge in [-0.2, -0.15) is 0 Å². The number of hydrogen-bond donors (Lipinski definition) is 0. The molecule has 5 heteroatoms. The van der Waals surface area contributed by atoms with Crippen LogP contribution < -0.4 is 4.90 Å². The summed E-state index contributed by atoms with van der Waals surface area (Å²) in [5.74, 6) is 1.08. The highest BCUT2D eigenvalue weighted by atomic mass is 79.9. The largest absolute Gasteiger partial charge is 0.457 e. The Balaban J connectivity index is 1.55. The van der Waals surface area contributed by atoms with Gasteiger partial charge in [-0.3, -0.25) is 14.5 Å². The fourth-order valence-corrected chi connectivity index (χ4v) is 4.17. The molecule has 5 rings (SSSR count). The minimum Gasteiger partial charge on any atom is -0.457 e. The molecular formula is C29H20BrNO3. The first-order chi connectivity index (χ1) is 16.5. The van der Waals surface area contributed by atoms with Crippen LogP contribution >= 0.6 is 15.9 Å². The van der Waals surface area contributed by atoms with Crippen LogP contribution in [0.2, 0.25) is 0 Å². The van der Waals surface area contributed by atoms with E-state index in [1.54, 1.807) is 29.2 Å². The van der Waals surface area contributed by atoms with Gasteiger partial charge in [-0.15, -0.1) is 0 Å². The van der Waals surface area contributed by atoms with E-state index < -0.39 is 0 Å². The average molecular weight is 510 g/mol. The van der Waals surface area contributed by atoms with E-state index in [-0.39, 0.29) is 11.7 Å². The van der Waals surface area contributed by atoms with Gasteiger partial charge in [0.15, 0.2) is 5.78 Å². The van der Waals surface area contributed by atoms with Crippen LogP contribution in [0.5, 0.6) is 0 Å². The molecule has 1 aromatic heterocycles. The molecule has 0 spiro atoms. The monoisotopic (exact) mass is 509 g/mol. The van der Waals surface area contributed by atoms with E-state index in [1.807, 2.05) is 78.9 Å². The van der Waals surface area contributed by atoms with Gasteiger partial charge in [0.1, 0.15) is 11.5 Å². The summed E-state index contributed by atoms with van der Waals surface area (Å²) in [6, 6.07) is 28.5. The number of ketones is 1. The van der Waals surface area contributed by atoms with Gasteiger partial charge in [0.2, 0.25) is 0 Å². The second kappa shape index (κ2) is 9.12. The number of amides is 1. The SMILES string of the molecule is CC(=O)c1cccc(N2C(=O)/C(=C/c3ccc(-c4ccc(Br)cc4)o3)C=C2c2ccccc2)c1. The van der Waals surface area contributed by atoms with Crippen LogP contribution in [0.4, 0.5) is 5.69 Å². The van der Waals surface area contributed by atoms with Gasteiger partial charge < -0.3 is 4.42 Å². The van der Waals surface area contributed by atoms with E-state index in [2.05, 4.69) is 15.9 Å². The van der Waals surface area contributed by atoms with Crippen LogP contribution in [0.3, 0.4) is 0 Å². The van der Waals surface area contributed by atoms with Gasteiger partial charge in [-0.05, 0) is 61.0 Å². The van der Waals surface area contributed by atoms with Crippen molar-refractivity contribution in [2.75, 3.05) is 4.90 Å². The Kier molecular flexibility index (Phi) is 5.86. The third-order valence-electron chi connectivity index (χ3n) is 5.62. The second-order valence-corrected chi connectivity index (χ2v) is 8.87. The van der Waals surface area contributed by atoms with Crippen molar-refractivity contribution in [1.82, 2.24) is 0 Å². The summed E-state index contributed by atoms with van der Waals surface area (Å²) in [5, 5.41) is 0. The van der Waals surface area contributed by atoms with Crippen LogP contribution in [-0.2, 0) is 4.79 Å². The van der Waals surface area contributed by atoms with E-state index in [4.69, 9.17) is 4.42 Å². The summed E-state index contributed by atoms with van der Waals surface area (Å²) in [5.41, 5.74) is 4.31. The molecule has 4 nitrogen and oxygen atoms in total. The Morgan fingerprint density at radius 3 is 2.38 bits per heavy atom. The molecule has 0 aliphatic carbocycles. The van der Waals surface area contributed by atoms with Crippen molar-refractivity contribution in [2.45, 2.75) is 6.92 Å². The molecule has 2 heterocycles. The Morgan fingerprint density at radius 1 is 0.882 bits per heavy atom. The van der Waals surface area contributed by atoms with E-state index in [0.29, 0.717) is 22.6 Å². The van der Waals surface area contributed by atoms with Crippen molar-refractivity contribution < 1.29 is 14.0 Å². The Bertz CT molecular complexity index is 1450. The molecule has 0 fully saturated rings. The van der Waals surface area contributed by atoms with Crippen molar-refractivity contribution >= 4 is 45.1 Å². The lowest BCUT2D eigenvalue weighted by atomic mass is 10.1. The van der Waals surface area contributed by atoms with Crippen LogP contribution in [0.25, 0.3) is 23.1 Å². The molecule has 0 N–H and O–H groups in total. The third kappa shape index (κ3) is 4.30. The number of carbonyl (C=O) groups excluding carboxylic acids is 2. The fourth-order valence-electron chi connectivity index (χ4n) is 3.91. The van der Waals surface area contributed by atoms with Gasteiger partial charge in [-0.1, -0.05) is 70.5 Å². The zero-order valence-corrected chi connectivity index (χ0v) is 20.0. The first-order valence-corrected chi connectivity index (χ1v) is 11.6. The molecule has 166 valence electrons. The number of rotatable bonds is 5. The summed E-state index contributed by atoms with van der Waals surface area (Å²) >= 11 is 3.44. The summed E-state index contributed by atoms with van der Waals surface area (Å²) in [6.07, 6.45) is 3.61. The first kappa shape index (κ1) is 21.9. The van der Waals surface area contributed by atoms with Gasteiger partial charge in [0.25, 0.3) is 5.91 Å². The van der Waals surface area contributed by atoms with Crippen LogP contribution in [0.1, 0.15) is 28.6 Å². The van der Waals surface area contributed by atoms with Gasteiger partial charge in [0.05, 0.1) is 5.70 Å². The molecule has 0 atom stereocenters. The zero-order valence-electron chi connectivity index (χ0n) is 18.4. The quantitative estimate of drug-likeness (QED) is 0.208. The number of hydrogen-bond acceptors (Lipinski definition) is 3. The lowest BCUT2D eigenvalue weighted by molar-refractivity contribution is -0.113. The fraction of sp³-hybridized carbons (Fsp3) is 0.0345. The summed E-state index contributed by atoms with van der Waals surface area (Å²) < 4.78 is 7.01. The van der Waals surface area contributed by atoms with E-state index in [9.17, 15) is 9.59 Å². The molecule has 0 bridgehead atoms. The van der Waals surface area contributed by atoms with Crippen molar-refractivity contribution in [2.24, 2.45) is 0 Å². The molecule has 0 saturated heterocycles. The maximum absolute atomic E-state index is 13.6. The van der Waals surface area contributed by atoms with Gasteiger partial charge in [0, 0.05) is 26.9 Å². The summed E-state index contributed by atoms with van der Waals surface area (Å²) in [4.78, 5) is 27.2. The summed E-state index contributed by atoms with van der Waals surface area (Å²) in [6.45, 7) is 1.52. The Labute approximate surface area is 206 Å². The van der Waals surface area contributed by atoms with E-state index >= 15 is 0 Å². The summed E-state index contributed by atoms with van der Waals surface area (Å²) in [7, 11) is 0. The third-order valence-corrected chi connectivity index (χ3v) is 6.15. The maximum atomic E-state index is 13.6. The minimum atomic E-state index is -0.179. The lowest BCUT2D eigenvalue weighted by Gasteiger charge is -2.21. The smallest absolute Gasteiger partial charge is 0.263 e. The second-order valence-electron chi connectivity index (χ2n) is 7.95. The molecule has 1 amide bonds. The molecule has 34 heavy (non-hydrogen) atoms. The van der Waals surface area contributed by atoms with Crippen LogP contribution in [0.15, 0.2) is 112 Å². The predicted molar refractivity (Wildman–Crippen MR) is 138 cm³/mol. The number of furan rings is 1. The van der Waals surface area contributed by atoms with Gasteiger partial charge >= 0.3 is 0 Å². The highest BCUT2D eigenvalue weighted by molar-refractivity contribution is 9.10. The number of nitrogens with zero attached hydrogens (tertiary/aromatic N) is 1. The van der Waals surface area contributed by atoms with Crippen LogP contribution in [0, 0.1) is 0 Å². The number of carbonyl (C=O) groups is 2. The van der Waals surface area contributed by atoms with Gasteiger partial charge in [-0.25, -0.2) is 0 Å². The van der Waals surface area contributed by atoms with E-state index in [1.165, 1.54) is 6.92 Å². The number of benzene rings is 3. The number of Topliss-reactive ketones (excluding diaryl/α,β-unsaturated/α-hetero) is 1. The zero-order chi connectivity index (χ0) is 23.7. The molecule has 1 aliphatic rings. The first-order valence-electron chi connectivity index (χ1n) is 10.8. The van der Waals surface area contributed by atoms with Crippen molar-refractivity contribution in [1.29, 1.82) is 0 Å². The standard InChI is InChI=1S/C29H20BrNO3/c1-19(32)22-8-5-9-25(16-22)31-27(20-6-3-2-4-7-20)18-23(29(31)33)17-26-14-15-28(34-26)21-10-12-24(30)13-11-21/h2-18H,1H3/b23-17+. The van der Waals surface area contributed by atoms with Crippen LogP contribution in [-0.4, -0.2) is 11.7 Å². The van der Waals surface area contributed by atoms with Crippen molar-refractivity contribution in [3.8, 4) is 11.3 Å². The molecule has 3 aromatic carbocycles. The molecule has 4 aromatic rings. The highest BCUT2D eigenvalue weighted by Crippen LogP contribution is 2.36. The van der Waals surface area contributed by atoms with Crippen molar-refractivity contribution in [3.05, 3.63) is 124 Å². The molecule has 1 aliphatic heterocycles. The lowest BCUT2D eigenvalue weighted by Crippen LogP contribution is -2.25. The Morgan fingerprint density at radius 2 is 1.65 bits per heavy atom. The average Bonchev–Trinajstić information content (AvgIpc) is 3.45. The topological polar surface area (TPSA) is 50.5 Å². The molecular weight excluding hydrogens is 490 g/mol.